The van der Waals surface area contributed by atoms with Crippen LogP contribution in [0.5, 0.6) is 5.75 Å². The minimum Gasteiger partial charge on any atom is -0.497 e. The molecule has 1 aliphatic carbocycles. The van der Waals surface area contributed by atoms with E-state index in [1.807, 2.05) is 12.1 Å². The van der Waals surface area contributed by atoms with Crippen LogP contribution in [-0.2, 0) is 19.1 Å². The summed E-state index contributed by atoms with van der Waals surface area (Å²) in [7, 11) is 1.50. The molecular weight excluding hydrogens is 400 g/mol. The van der Waals surface area contributed by atoms with Crippen molar-refractivity contribution in [1.82, 2.24) is 0 Å². The van der Waals surface area contributed by atoms with Crippen LogP contribution in [0.15, 0.2) is 24.3 Å². The van der Waals surface area contributed by atoms with Crippen LogP contribution in [0.1, 0.15) is 49.9 Å². The quantitative estimate of drug-likeness (QED) is 0.352. The van der Waals surface area contributed by atoms with Crippen LogP contribution in [0.3, 0.4) is 0 Å². The Hall–Kier alpha value is -3.39. The fourth-order valence-corrected chi connectivity index (χ4v) is 4.23. The molecule has 1 aromatic rings. The lowest BCUT2D eigenvalue weighted by Gasteiger charge is -2.45. The lowest BCUT2D eigenvalue weighted by atomic mass is 9.53. The van der Waals surface area contributed by atoms with E-state index in [4.69, 9.17) is 14.2 Å². The number of hydrogen-bond donors (Lipinski definition) is 0. The van der Waals surface area contributed by atoms with Crippen LogP contribution in [0, 0.1) is 39.4 Å². The van der Waals surface area contributed by atoms with Crippen LogP contribution >= 0.6 is 0 Å². The lowest BCUT2D eigenvalue weighted by Crippen LogP contribution is -2.56. The van der Waals surface area contributed by atoms with Crippen molar-refractivity contribution >= 4 is 17.7 Å². The lowest BCUT2D eigenvalue weighted by molar-refractivity contribution is -0.183. The number of carbonyl (C=O) groups is 3. The monoisotopic (exact) mass is 426 g/mol. The van der Waals surface area contributed by atoms with E-state index in [0.717, 1.165) is 0 Å². The predicted octanol–water partition coefficient (Wildman–Crippen LogP) is 3.21. The van der Waals surface area contributed by atoms with Crippen molar-refractivity contribution in [2.75, 3.05) is 20.3 Å². The van der Waals surface area contributed by atoms with Gasteiger partial charge in [-0.05, 0) is 57.4 Å². The molecule has 0 aromatic heterocycles. The molecule has 0 heterocycles. The number of ketones is 1. The molecule has 1 atom stereocenters. The Labute approximate surface area is 181 Å². The van der Waals surface area contributed by atoms with Gasteiger partial charge in [-0.15, -0.1) is 0 Å². The second-order valence-corrected chi connectivity index (χ2v) is 7.37. The summed E-state index contributed by atoms with van der Waals surface area (Å²) >= 11 is 0. The van der Waals surface area contributed by atoms with Gasteiger partial charge in [0.05, 0.1) is 32.5 Å². The number of rotatable bonds is 8. The van der Waals surface area contributed by atoms with Gasteiger partial charge in [-0.2, -0.15) is 10.5 Å². The first-order chi connectivity index (χ1) is 14.8. The third-order valence-corrected chi connectivity index (χ3v) is 5.81. The number of ether oxygens (including phenoxy) is 3. The molecule has 0 N–H and O–H groups in total. The largest absolute Gasteiger partial charge is 0.497 e. The van der Waals surface area contributed by atoms with E-state index in [0.29, 0.717) is 11.3 Å². The van der Waals surface area contributed by atoms with E-state index < -0.39 is 34.5 Å². The van der Waals surface area contributed by atoms with E-state index >= 15 is 0 Å². The number of esters is 2. The standard InChI is InChI=1S/C23H26N2O6/c1-4-30-20(27)23(21(28)31-5-2)12-6-11-22(14-24,15-25)19(23)13-18(26)16-7-9-17(29-3)10-8-16/h7-10,19H,4-6,11-13H2,1-3H3. The Morgan fingerprint density at radius 3 is 2.00 bits per heavy atom. The molecule has 0 bridgehead atoms. The van der Waals surface area contributed by atoms with Crippen LogP contribution in [0.4, 0.5) is 0 Å². The highest BCUT2D eigenvalue weighted by molar-refractivity contribution is 6.03. The number of Topliss-reactive ketones (excluding diaryl/α,β-unsaturated/α-hetero) is 1. The van der Waals surface area contributed by atoms with Crippen LogP contribution in [0.25, 0.3) is 0 Å². The Balaban J connectivity index is 2.59. The number of carbonyl (C=O) groups excluding carboxylic acids is 3. The maximum Gasteiger partial charge on any atom is 0.323 e. The number of methoxy groups -OCH3 is 1. The molecule has 0 amide bonds. The van der Waals surface area contributed by atoms with E-state index in [1.165, 1.54) is 7.11 Å². The number of nitrogens with zero attached hydrogens (tertiary/aromatic N) is 2. The summed E-state index contributed by atoms with van der Waals surface area (Å²) in [6.07, 6.45) is 0.0918. The fraction of sp³-hybridized carbons (Fsp3) is 0.522. The van der Waals surface area contributed by atoms with Gasteiger partial charge in [-0.25, -0.2) is 0 Å². The molecule has 1 aromatic carbocycles. The first kappa shape index (κ1) is 23.9. The van der Waals surface area contributed by atoms with Crippen molar-refractivity contribution in [1.29, 1.82) is 10.5 Å². The molecule has 0 radical (unpaired) electrons. The van der Waals surface area contributed by atoms with Gasteiger partial charge in [-0.1, -0.05) is 0 Å². The van der Waals surface area contributed by atoms with Gasteiger partial charge in [0.2, 0.25) is 0 Å². The van der Waals surface area contributed by atoms with Gasteiger partial charge >= 0.3 is 11.9 Å². The van der Waals surface area contributed by atoms with Gasteiger partial charge in [0.1, 0.15) is 11.2 Å². The molecule has 31 heavy (non-hydrogen) atoms. The molecule has 0 aliphatic heterocycles. The highest BCUT2D eigenvalue weighted by Gasteiger charge is 2.64. The molecule has 8 nitrogen and oxygen atoms in total. The minimum atomic E-state index is -1.90. The Morgan fingerprint density at radius 1 is 1.00 bits per heavy atom. The van der Waals surface area contributed by atoms with Gasteiger partial charge < -0.3 is 14.2 Å². The van der Waals surface area contributed by atoms with Crippen molar-refractivity contribution < 1.29 is 28.6 Å². The summed E-state index contributed by atoms with van der Waals surface area (Å²) in [5, 5.41) is 19.8. The molecule has 164 valence electrons. The number of nitriles is 2. The smallest absolute Gasteiger partial charge is 0.323 e. The Bertz CT molecular complexity index is 877. The van der Waals surface area contributed by atoms with E-state index in [2.05, 4.69) is 0 Å². The summed E-state index contributed by atoms with van der Waals surface area (Å²) in [4.78, 5) is 39.3. The Morgan fingerprint density at radius 2 is 1.55 bits per heavy atom. The molecular formula is C23H26N2O6. The molecule has 8 heteroatoms. The third-order valence-electron chi connectivity index (χ3n) is 5.81. The van der Waals surface area contributed by atoms with Crippen molar-refractivity contribution in [3.05, 3.63) is 29.8 Å². The molecule has 1 aliphatic rings. The summed E-state index contributed by atoms with van der Waals surface area (Å²) in [6, 6.07) is 10.3. The second kappa shape index (κ2) is 10.1. The van der Waals surface area contributed by atoms with Crippen LogP contribution < -0.4 is 4.74 Å². The zero-order chi connectivity index (χ0) is 23.1. The topological polar surface area (TPSA) is 126 Å². The molecule has 1 saturated carbocycles. The highest BCUT2D eigenvalue weighted by atomic mass is 16.6. The SMILES string of the molecule is CCOC(=O)C1(C(=O)OCC)CCCC(C#N)(C#N)C1CC(=O)c1ccc(OC)cc1. The van der Waals surface area contributed by atoms with Gasteiger partial charge in [0, 0.05) is 17.9 Å². The van der Waals surface area contributed by atoms with E-state index in [-0.39, 0.29) is 38.9 Å². The summed E-state index contributed by atoms with van der Waals surface area (Å²) < 4.78 is 15.5. The summed E-state index contributed by atoms with van der Waals surface area (Å²) in [5.41, 5.74) is -3.30. The first-order valence-corrected chi connectivity index (χ1v) is 10.2. The van der Waals surface area contributed by atoms with Crippen LogP contribution in [-0.4, -0.2) is 38.0 Å². The van der Waals surface area contributed by atoms with E-state index in [1.54, 1.807) is 38.1 Å². The third kappa shape index (κ3) is 4.39. The molecule has 1 fully saturated rings. The van der Waals surface area contributed by atoms with E-state index in [9.17, 15) is 24.9 Å². The van der Waals surface area contributed by atoms with Gasteiger partial charge in [0.15, 0.2) is 11.2 Å². The van der Waals surface area contributed by atoms with Crippen molar-refractivity contribution in [3.63, 3.8) is 0 Å². The average molecular weight is 426 g/mol. The summed E-state index contributed by atoms with van der Waals surface area (Å²) in [6.45, 7) is 3.20. The molecule has 1 unspecified atom stereocenters. The highest BCUT2D eigenvalue weighted by Crippen LogP contribution is 2.54. The maximum absolute atomic E-state index is 13.1. The van der Waals surface area contributed by atoms with Crippen molar-refractivity contribution in [2.24, 2.45) is 16.7 Å². The number of benzene rings is 1. The van der Waals surface area contributed by atoms with Crippen molar-refractivity contribution in [2.45, 2.75) is 39.5 Å². The predicted molar refractivity (Wildman–Crippen MR) is 109 cm³/mol. The van der Waals surface area contributed by atoms with Gasteiger partial charge in [0.25, 0.3) is 0 Å². The normalized spacial score (nSPS) is 18.7. The maximum atomic E-state index is 13.1. The average Bonchev–Trinajstić information content (AvgIpc) is 2.79. The van der Waals surface area contributed by atoms with Crippen LogP contribution in [0.2, 0.25) is 0 Å². The molecule has 2 rings (SSSR count). The zero-order valence-corrected chi connectivity index (χ0v) is 18.0. The fourth-order valence-electron chi connectivity index (χ4n) is 4.23. The van der Waals surface area contributed by atoms with Crippen molar-refractivity contribution in [3.8, 4) is 17.9 Å². The van der Waals surface area contributed by atoms with Gasteiger partial charge in [-0.3, -0.25) is 14.4 Å². The second-order valence-electron chi connectivity index (χ2n) is 7.37. The summed E-state index contributed by atoms with van der Waals surface area (Å²) in [5.74, 6) is -2.78. The minimum absolute atomic E-state index is 0.00520. The molecule has 0 spiro atoms. The molecule has 0 saturated heterocycles. The number of hydrogen-bond acceptors (Lipinski definition) is 8. The Kier molecular flexibility index (Phi) is 7.77. The first-order valence-electron chi connectivity index (χ1n) is 10.2. The zero-order valence-electron chi connectivity index (χ0n) is 18.0.